The van der Waals surface area contributed by atoms with Gasteiger partial charge >= 0.3 is 0 Å². The lowest BCUT2D eigenvalue weighted by atomic mass is 9.87. The zero-order valence-corrected chi connectivity index (χ0v) is 18.8. The van der Waals surface area contributed by atoms with E-state index < -0.39 is 10.0 Å². The smallest absolute Gasteiger partial charge is 0.228 e. The van der Waals surface area contributed by atoms with Crippen LogP contribution in [0.4, 0.5) is 0 Å². The summed E-state index contributed by atoms with van der Waals surface area (Å²) >= 11 is 5.95. The van der Waals surface area contributed by atoms with Crippen LogP contribution < -0.4 is 10.0 Å². The van der Waals surface area contributed by atoms with Crippen molar-refractivity contribution >= 4 is 27.5 Å². The van der Waals surface area contributed by atoms with E-state index in [0.717, 1.165) is 11.1 Å². The Morgan fingerprint density at radius 3 is 2.00 bits per heavy atom. The van der Waals surface area contributed by atoms with Gasteiger partial charge in [-0.1, -0.05) is 61.8 Å². The van der Waals surface area contributed by atoms with Crippen molar-refractivity contribution in [3.05, 3.63) is 70.2 Å². The minimum absolute atomic E-state index is 0.0462. The second-order valence-corrected chi connectivity index (χ2v) is 10.0. The molecule has 2 N–H and O–H groups in total. The van der Waals surface area contributed by atoms with E-state index in [1.54, 1.807) is 38.1 Å². The number of hydrogen-bond donors (Lipinski definition) is 2. The molecule has 0 unspecified atom stereocenters. The lowest BCUT2D eigenvalue weighted by molar-refractivity contribution is -0.123. The quantitative estimate of drug-likeness (QED) is 0.617. The predicted molar refractivity (Wildman–Crippen MR) is 118 cm³/mol. The fourth-order valence-electron chi connectivity index (χ4n) is 3.18. The minimum atomic E-state index is -3.36. The maximum Gasteiger partial charge on any atom is 0.228 e. The zero-order valence-electron chi connectivity index (χ0n) is 17.3. The van der Waals surface area contributed by atoms with Crippen LogP contribution in [0.2, 0.25) is 5.02 Å². The summed E-state index contributed by atoms with van der Waals surface area (Å²) in [7, 11) is -3.36. The molecule has 0 saturated carbocycles. The standard InChI is InChI=1S/C22H29ClN2O3S/c1-15(2)21(19-9-11-20(23)12-10-19)22(26)24-13-17-5-7-18(8-6-17)14-29(27,28)25-16(3)4/h5-12,15-16,21,25H,13-14H2,1-4H3,(H,24,26)/t21-/m1/s1. The van der Waals surface area contributed by atoms with E-state index in [1.807, 2.05) is 38.1 Å². The molecule has 2 aromatic carbocycles. The molecule has 1 atom stereocenters. The van der Waals surface area contributed by atoms with Crippen molar-refractivity contribution in [2.24, 2.45) is 5.92 Å². The van der Waals surface area contributed by atoms with E-state index >= 15 is 0 Å². The van der Waals surface area contributed by atoms with Gasteiger partial charge in [-0.25, -0.2) is 13.1 Å². The highest BCUT2D eigenvalue weighted by Gasteiger charge is 2.24. The van der Waals surface area contributed by atoms with Gasteiger partial charge in [-0.05, 0) is 48.6 Å². The summed E-state index contributed by atoms with van der Waals surface area (Å²) in [6.07, 6.45) is 0. The largest absolute Gasteiger partial charge is 0.351 e. The van der Waals surface area contributed by atoms with E-state index in [1.165, 1.54) is 0 Å². The van der Waals surface area contributed by atoms with Crippen molar-refractivity contribution in [1.29, 1.82) is 0 Å². The molecule has 0 bridgehead atoms. The number of carbonyl (C=O) groups excluding carboxylic acids is 1. The van der Waals surface area contributed by atoms with Crippen LogP contribution in [0.1, 0.15) is 50.3 Å². The Morgan fingerprint density at radius 2 is 1.48 bits per heavy atom. The van der Waals surface area contributed by atoms with E-state index in [4.69, 9.17) is 11.6 Å². The molecule has 0 aliphatic heterocycles. The first-order valence-corrected chi connectivity index (χ1v) is 11.7. The van der Waals surface area contributed by atoms with Gasteiger partial charge in [0.1, 0.15) is 0 Å². The monoisotopic (exact) mass is 436 g/mol. The molecule has 1 amide bonds. The number of carbonyl (C=O) groups is 1. The van der Waals surface area contributed by atoms with Crippen molar-refractivity contribution in [2.45, 2.75) is 52.0 Å². The first kappa shape index (κ1) is 23.4. The molecule has 0 aliphatic carbocycles. The van der Waals surface area contributed by atoms with Crippen LogP contribution in [-0.4, -0.2) is 20.4 Å². The molecule has 2 aromatic rings. The molecule has 7 heteroatoms. The van der Waals surface area contributed by atoms with Crippen LogP contribution >= 0.6 is 11.6 Å². The highest BCUT2D eigenvalue weighted by molar-refractivity contribution is 7.88. The topological polar surface area (TPSA) is 75.3 Å². The van der Waals surface area contributed by atoms with Gasteiger partial charge in [0, 0.05) is 17.6 Å². The molecular formula is C22H29ClN2O3S. The number of hydrogen-bond acceptors (Lipinski definition) is 3. The third kappa shape index (κ3) is 7.46. The van der Waals surface area contributed by atoms with E-state index in [9.17, 15) is 13.2 Å². The first-order valence-electron chi connectivity index (χ1n) is 9.68. The van der Waals surface area contributed by atoms with Crippen molar-refractivity contribution < 1.29 is 13.2 Å². The lowest BCUT2D eigenvalue weighted by Gasteiger charge is -2.21. The number of benzene rings is 2. The Bertz CT molecular complexity index is 908. The molecule has 158 valence electrons. The summed E-state index contributed by atoms with van der Waals surface area (Å²) in [4.78, 5) is 12.8. The third-order valence-corrected chi connectivity index (χ3v) is 6.24. The maximum absolute atomic E-state index is 12.8. The number of halogens is 1. The summed E-state index contributed by atoms with van der Waals surface area (Å²) in [5.41, 5.74) is 2.55. The fourth-order valence-corrected chi connectivity index (χ4v) is 4.74. The van der Waals surface area contributed by atoms with Crippen molar-refractivity contribution in [3.8, 4) is 0 Å². The molecule has 29 heavy (non-hydrogen) atoms. The van der Waals surface area contributed by atoms with E-state index in [2.05, 4.69) is 10.0 Å². The van der Waals surface area contributed by atoms with Gasteiger partial charge in [-0.2, -0.15) is 0 Å². The lowest BCUT2D eigenvalue weighted by Crippen LogP contribution is -2.32. The number of rotatable bonds is 9. The van der Waals surface area contributed by atoms with Gasteiger partial charge in [0.2, 0.25) is 15.9 Å². The minimum Gasteiger partial charge on any atom is -0.351 e. The van der Waals surface area contributed by atoms with Gasteiger partial charge < -0.3 is 5.32 Å². The SMILES string of the molecule is CC(C)NS(=O)(=O)Cc1ccc(CNC(=O)[C@@H](c2ccc(Cl)cc2)C(C)C)cc1. The molecule has 2 rings (SSSR count). The number of sulfonamides is 1. The average Bonchev–Trinajstić information content (AvgIpc) is 2.61. The maximum atomic E-state index is 12.8. The van der Waals surface area contributed by atoms with Crippen LogP contribution in [0.15, 0.2) is 48.5 Å². The first-order chi connectivity index (χ1) is 13.6. The number of nitrogens with one attached hydrogen (secondary N) is 2. The van der Waals surface area contributed by atoms with E-state index in [0.29, 0.717) is 17.1 Å². The Balaban J connectivity index is 1.99. The molecular weight excluding hydrogens is 408 g/mol. The van der Waals surface area contributed by atoms with Gasteiger partial charge in [0.05, 0.1) is 11.7 Å². The zero-order chi connectivity index (χ0) is 21.6. The highest BCUT2D eigenvalue weighted by Crippen LogP contribution is 2.26. The van der Waals surface area contributed by atoms with Crippen molar-refractivity contribution in [3.63, 3.8) is 0 Å². The van der Waals surface area contributed by atoms with Gasteiger partial charge in [-0.15, -0.1) is 0 Å². The molecule has 0 radical (unpaired) electrons. The molecule has 5 nitrogen and oxygen atoms in total. The Labute approximate surface area is 178 Å². The van der Waals surface area contributed by atoms with Crippen LogP contribution in [-0.2, 0) is 27.1 Å². The molecule has 0 saturated heterocycles. The summed E-state index contributed by atoms with van der Waals surface area (Å²) in [6, 6.07) is 14.4. The van der Waals surface area contributed by atoms with Crippen LogP contribution in [0, 0.1) is 5.92 Å². The Hall–Kier alpha value is -1.89. The van der Waals surface area contributed by atoms with Gasteiger partial charge in [-0.3, -0.25) is 4.79 Å². The second-order valence-electron chi connectivity index (χ2n) is 7.84. The molecule has 0 aromatic heterocycles. The van der Waals surface area contributed by atoms with Crippen LogP contribution in [0.3, 0.4) is 0 Å². The normalized spacial score (nSPS) is 12.9. The molecule has 0 spiro atoms. The second kappa shape index (κ2) is 10.2. The fraction of sp³-hybridized carbons (Fsp3) is 0.409. The summed E-state index contributed by atoms with van der Waals surface area (Å²) in [5, 5.41) is 3.63. The van der Waals surface area contributed by atoms with Crippen LogP contribution in [0.25, 0.3) is 0 Å². The van der Waals surface area contributed by atoms with Gasteiger partial charge in [0.15, 0.2) is 0 Å². The number of amides is 1. The van der Waals surface area contributed by atoms with Crippen molar-refractivity contribution in [1.82, 2.24) is 10.0 Å². The molecule has 0 fully saturated rings. The Morgan fingerprint density at radius 1 is 0.931 bits per heavy atom. The van der Waals surface area contributed by atoms with Gasteiger partial charge in [0.25, 0.3) is 0 Å². The van der Waals surface area contributed by atoms with E-state index in [-0.39, 0.29) is 29.5 Å². The summed E-state index contributed by atoms with van der Waals surface area (Å²) < 4.78 is 26.6. The average molecular weight is 437 g/mol. The molecule has 0 aliphatic rings. The van der Waals surface area contributed by atoms with Crippen LogP contribution in [0.5, 0.6) is 0 Å². The summed E-state index contributed by atoms with van der Waals surface area (Å²) in [6.45, 7) is 7.99. The highest BCUT2D eigenvalue weighted by atomic mass is 35.5. The Kier molecular flexibility index (Phi) is 8.25. The predicted octanol–water partition coefficient (Wildman–Crippen LogP) is 4.22. The molecule has 0 heterocycles. The van der Waals surface area contributed by atoms with Crippen molar-refractivity contribution in [2.75, 3.05) is 0 Å². The summed E-state index contributed by atoms with van der Waals surface area (Å²) in [5.74, 6) is -0.241. The third-order valence-electron chi connectivity index (χ3n) is 4.44.